The van der Waals surface area contributed by atoms with Crippen molar-refractivity contribution in [2.75, 3.05) is 6.16 Å². The number of nitrogens with zero attached hydrogens (tertiary/aromatic N) is 3. The maximum Gasteiger partial charge on any atom is 0.127 e. The van der Waals surface area contributed by atoms with Gasteiger partial charge in [-0.15, -0.1) is 0 Å². The molecule has 3 atom stereocenters. The molecule has 0 spiro atoms. The molecule has 0 bridgehead atoms. The van der Waals surface area contributed by atoms with Crippen molar-refractivity contribution in [2.45, 2.75) is 24.7 Å². The van der Waals surface area contributed by atoms with E-state index in [0.29, 0.717) is 17.9 Å². The first-order chi connectivity index (χ1) is 8.00. The Morgan fingerprint density at radius 1 is 1.53 bits per heavy atom. The minimum absolute atomic E-state index is 0.383. The van der Waals surface area contributed by atoms with Crippen molar-refractivity contribution in [3.63, 3.8) is 0 Å². The summed E-state index contributed by atoms with van der Waals surface area (Å²) >= 11 is 0. The second kappa shape index (κ2) is 4.19. The van der Waals surface area contributed by atoms with Crippen LogP contribution in [0.2, 0.25) is 0 Å². The molecule has 1 fully saturated rings. The molecule has 5 nitrogen and oxygen atoms in total. The summed E-state index contributed by atoms with van der Waals surface area (Å²) in [6.07, 6.45) is 0.774. The third kappa shape index (κ3) is 1.98. The second-order valence-electron chi connectivity index (χ2n) is 4.54. The molecule has 0 aromatic heterocycles. The lowest BCUT2D eigenvalue weighted by atomic mass is 10.1. The highest BCUT2D eigenvalue weighted by Crippen LogP contribution is 2.61. The fraction of sp³-hybridized carbons (Fsp3) is 0.455. The number of benzene rings is 1. The Hall–Kier alpha value is -1.28. The monoisotopic (exact) mass is 251 g/mol. The van der Waals surface area contributed by atoms with Crippen LogP contribution in [0.15, 0.2) is 35.4 Å². The molecule has 0 radical (unpaired) electrons. The lowest BCUT2D eigenvalue weighted by molar-refractivity contribution is 0.0623. The van der Waals surface area contributed by atoms with Crippen molar-refractivity contribution in [1.29, 1.82) is 0 Å². The molecule has 1 aromatic carbocycles. The largest absolute Gasteiger partial charge is 0.389 e. The predicted molar refractivity (Wildman–Crippen MR) is 66.7 cm³/mol. The van der Waals surface area contributed by atoms with Crippen molar-refractivity contribution in [3.05, 3.63) is 40.8 Å². The quantitative estimate of drug-likeness (QED) is 0.379. The van der Waals surface area contributed by atoms with Gasteiger partial charge in [0.25, 0.3) is 0 Å². The average Bonchev–Trinajstić information content (AvgIpc) is 2.56. The van der Waals surface area contributed by atoms with Crippen LogP contribution in [0.3, 0.4) is 0 Å². The highest BCUT2D eigenvalue weighted by Gasteiger charge is 2.51. The van der Waals surface area contributed by atoms with E-state index < -0.39 is 18.5 Å². The molecule has 0 amide bonds. The Labute approximate surface area is 99.5 Å². The number of azide groups is 1. The van der Waals surface area contributed by atoms with E-state index in [2.05, 4.69) is 10.0 Å². The Balaban J connectivity index is 2.51. The summed E-state index contributed by atoms with van der Waals surface area (Å²) < 4.78 is 12.9. The Bertz CT molecular complexity index is 509. The van der Waals surface area contributed by atoms with Crippen LogP contribution >= 0.6 is 7.14 Å². The molecule has 1 aromatic rings. The van der Waals surface area contributed by atoms with Crippen molar-refractivity contribution in [2.24, 2.45) is 5.11 Å². The third-order valence-electron chi connectivity index (χ3n) is 3.26. The van der Waals surface area contributed by atoms with Gasteiger partial charge in [0, 0.05) is 16.4 Å². The molecular weight excluding hydrogens is 237 g/mol. The van der Waals surface area contributed by atoms with Gasteiger partial charge in [-0.25, -0.2) is 0 Å². The highest BCUT2D eigenvalue weighted by atomic mass is 31.2. The summed E-state index contributed by atoms with van der Waals surface area (Å²) in [7, 11) is -2.84. The summed E-state index contributed by atoms with van der Waals surface area (Å²) in [6.45, 7) is 1.58. The summed E-state index contributed by atoms with van der Waals surface area (Å²) in [5.74, 6) is -0.859. The molecule has 0 aliphatic carbocycles. The van der Waals surface area contributed by atoms with Gasteiger partial charge in [-0.2, -0.15) is 0 Å². The molecule has 0 unspecified atom stereocenters. The molecule has 1 saturated heterocycles. The Morgan fingerprint density at radius 2 is 2.18 bits per heavy atom. The molecule has 17 heavy (non-hydrogen) atoms. The molecule has 2 rings (SSSR count). The molecule has 1 aliphatic rings. The molecule has 1 aliphatic heterocycles. The second-order valence-corrected chi connectivity index (χ2v) is 7.58. The van der Waals surface area contributed by atoms with Crippen molar-refractivity contribution >= 4 is 12.4 Å². The van der Waals surface area contributed by atoms with Gasteiger partial charge in [0.05, 0.1) is 5.60 Å². The van der Waals surface area contributed by atoms with Crippen LogP contribution < -0.4 is 5.30 Å². The first-order valence-corrected chi connectivity index (χ1v) is 7.38. The van der Waals surface area contributed by atoms with E-state index in [1.165, 1.54) is 0 Å². The zero-order valence-electron chi connectivity index (χ0n) is 9.52. The Morgan fingerprint density at radius 3 is 2.76 bits per heavy atom. The average molecular weight is 251 g/mol. The van der Waals surface area contributed by atoms with E-state index in [1.54, 1.807) is 31.2 Å². The van der Waals surface area contributed by atoms with E-state index in [4.69, 9.17) is 5.53 Å². The van der Waals surface area contributed by atoms with Crippen LogP contribution in [0.4, 0.5) is 0 Å². The van der Waals surface area contributed by atoms with Crippen LogP contribution in [-0.4, -0.2) is 22.7 Å². The van der Waals surface area contributed by atoms with Gasteiger partial charge in [-0.05, 0) is 18.9 Å². The standard InChI is InChI=1S/C11H14N3O2P/c1-11(15)7-8-17(16,10(11)13-14-12)9-5-3-2-4-6-9/h2-6,10,15H,7-8H2,1H3/t10-,11-,17-/m1/s1. The van der Waals surface area contributed by atoms with Crippen LogP contribution in [0.5, 0.6) is 0 Å². The van der Waals surface area contributed by atoms with Gasteiger partial charge in [0.1, 0.15) is 12.9 Å². The topological polar surface area (TPSA) is 86.1 Å². The molecular formula is C11H14N3O2P. The smallest absolute Gasteiger partial charge is 0.127 e. The van der Waals surface area contributed by atoms with Crippen LogP contribution in [0.1, 0.15) is 13.3 Å². The van der Waals surface area contributed by atoms with E-state index in [1.807, 2.05) is 6.07 Å². The molecule has 90 valence electrons. The first kappa shape index (κ1) is 12.2. The van der Waals surface area contributed by atoms with E-state index in [9.17, 15) is 9.67 Å². The summed E-state index contributed by atoms with van der Waals surface area (Å²) in [6, 6.07) is 8.97. The summed E-state index contributed by atoms with van der Waals surface area (Å²) in [5, 5.41) is 14.4. The number of hydrogen-bond acceptors (Lipinski definition) is 3. The van der Waals surface area contributed by atoms with Gasteiger partial charge < -0.3 is 9.67 Å². The molecule has 0 saturated carbocycles. The molecule has 1 N–H and O–H groups in total. The SMILES string of the molecule is C[C@@]1(O)CC[P@@](=O)(c2ccccc2)[C@H]1N=[N+]=[N-]. The van der Waals surface area contributed by atoms with E-state index in [-0.39, 0.29) is 0 Å². The summed E-state index contributed by atoms with van der Waals surface area (Å²) in [5.41, 5.74) is 7.38. The minimum atomic E-state index is -2.84. The zero-order chi connectivity index (χ0) is 12.5. The van der Waals surface area contributed by atoms with Crippen LogP contribution in [0.25, 0.3) is 10.4 Å². The van der Waals surface area contributed by atoms with Crippen LogP contribution in [-0.2, 0) is 4.57 Å². The predicted octanol–water partition coefficient (Wildman–Crippen LogP) is 2.47. The van der Waals surface area contributed by atoms with Gasteiger partial charge in [0.15, 0.2) is 0 Å². The maximum absolute atomic E-state index is 12.9. The minimum Gasteiger partial charge on any atom is -0.389 e. The fourth-order valence-electron chi connectivity index (χ4n) is 2.30. The molecule has 6 heteroatoms. The van der Waals surface area contributed by atoms with Crippen LogP contribution in [0, 0.1) is 0 Å². The Kier molecular flexibility index (Phi) is 3.00. The van der Waals surface area contributed by atoms with Crippen molar-refractivity contribution in [1.82, 2.24) is 0 Å². The lowest BCUT2D eigenvalue weighted by Crippen LogP contribution is -2.33. The maximum atomic E-state index is 12.9. The van der Waals surface area contributed by atoms with Crippen molar-refractivity contribution < 1.29 is 9.67 Å². The van der Waals surface area contributed by atoms with Crippen molar-refractivity contribution in [3.8, 4) is 0 Å². The highest BCUT2D eigenvalue weighted by molar-refractivity contribution is 7.72. The first-order valence-electron chi connectivity index (χ1n) is 5.42. The van der Waals surface area contributed by atoms with Gasteiger partial charge >= 0.3 is 0 Å². The van der Waals surface area contributed by atoms with Gasteiger partial charge in [0.2, 0.25) is 0 Å². The number of hydrogen-bond donors (Lipinski definition) is 1. The number of rotatable bonds is 2. The lowest BCUT2D eigenvalue weighted by Gasteiger charge is -2.25. The normalized spacial score (nSPS) is 36.5. The zero-order valence-corrected chi connectivity index (χ0v) is 10.4. The van der Waals surface area contributed by atoms with Gasteiger partial charge in [-0.3, -0.25) is 0 Å². The fourth-order valence-corrected chi connectivity index (χ4v) is 5.79. The van der Waals surface area contributed by atoms with Gasteiger partial charge in [-0.1, -0.05) is 35.4 Å². The number of aliphatic hydroxyl groups is 1. The third-order valence-corrected chi connectivity index (χ3v) is 6.77. The summed E-state index contributed by atoms with van der Waals surface area (Å²) in [4.78, 5) is 2.73. The van der Waals surface area contributed by atoms with E-state index >= 15 is 0 Å². The van der Waals surface area contributed by atoms with E-state index in [0.717, 1.165) is 0 Å². The molecule has 1 heterocycles.